The highest BCUT2D eigenvalue weighted by Crippen LogP contribution is 2.38. The maximum atomic E-state index is 12.5. The summed E-state index contributed by atoms with van der Waals surface area (Å²) in [4.78, 5) is 14.8. The van der Waals surface area contributed by atoms with Crippen molar-refractivity contribution in [2.45, 2.75) is 45.7 Å². The van der Waals surface area contributed by atoms with Crippen LogP contribution in [0, 0.1) is 6.92 Å². The van der Waals surface area contributed by atoms with Crippen LogP contribution in [0.3, 0.4) is 0 Å². The largest absolute Gasteiger partial charge is 0.497 e. The first kappa shape index (κ1) is 19.9. The zero-order chi connectivity index (χ0) is 21.5. The summed E-state index contributed by atoms with van der Waals surface area (Å²) in [6.07, 6.45) is 3.91. The lowest BCUT2D eigenvalue weighted by Crippen LogP contribution is -2.32. The molecule has 0 amide bonds. The molecule has 1 aliphatic carbocycles. The van der Waals surface area contributed by atoms with E-state index in [2.05, 4.69) is 11.0 Å². The van der Waals surface area contributed by atoms with E-state index >= 15 is 0 Å². The summed E-state index contributed by atoms with van der Waals surface area (Å²) in [5.74, 6) is 2.41. The van der Waals surface area contributed by atoms with E-state index in [0.717, 1.165) is 82.7 Å². The molecule has 0 unspecified atom stereocenters. The summed E-state index contributed by atoms with van der Waals surface area (Å²) >= 11 is 0. The Morgan fingerprint density at radius 2 is 1.87 bits per heavy atom. The number of nitrogens with zero attached hydrogens (tertiary/aromatic N) is 1. The van der Waals surface area contributed by atoms with Crippen LogP contribution in [0.15, 0.2) is 33.5 Å². The van der Waals surface area contributed by atoms with Crippen LogP contribution in [0.4, 0.5) is 0 Å². The zero-order valence-corrected chi connectivity index (χ0v) is 18.2. The summed E-state index contributed by atoms with van der Waals surface area (Å²) in [7, 11) is 3.32. The first-order valence-corrected chi connectivity index (χ1v) is 10.8. The highest BCUT2D eigenvalue weighted by atomic mass is 16.5. The summed E-state index contributed by atoms with van der Waals surface area (Å²) in [5.41, 5.74) is 5.64. The molecule has 1 aromatic heterocycles. The van der Waals surface area contributed by atoms with Crippen molar-refractivity contribution in [2.24, 2.45) is 0 Å². The van der Waals surface area contributed by atoms with Gasteiger partial charge in [-0.1, -0.05) is 6.07 Å². The topological polar surface area (TPSA) is 61.1 Å². The van der Waals surface area contributed by atoms with Crippen molar-refractivity contribution in [3.63, 3.8) is 0 Å². The number of aryl methyl sites for hydroxylation is 2. The van der Waals surface area contributed by atoms with Gasteiger partial charge < -0.3 is 18.6 Å². The molecule has 2 heterocycles. The first-order chi connectivity index (χ1) is 15.1. The standard InChI is InChI=1S/C25H27NO5/c1-15-23-17(10-21-19-6-4-5-7-20(19)25(27)31-24(15)21)13-26(14-30-23)12-16-8-9-18(28-2)11-22(16)29-3/h8-11H,4-7,12-14H2,1-3H3. The zero-order valence-electron chi connectivity index (χ0n) is 18.2. The Hall–Kier alpha value is -2.99. The van der Waals surface area contributed by atoms with Gasteiger partial charge in [-0.05, 0) is 50.3 Å². The highest BCUT2D eigenvalue weighted by Gasteiger charge is 2.26. The van der Waals surface area contributed by atoms with Crippen molar-refractivity contribution in [2.75, 3.05) is 21.0 Å². The number of methoxy groups -OCH3 is 2. The van der Waals surface area contributed by atoms with E-state index in [1.165, 1.54) is 0 Å². The highest BCUT2D eigenvalue weighted by molar-refractivity contribution is 5.87. The molecular weight excluding hydrogens is 394 g/mol. The lowest BCUT2D eigenvalue weighted by Gasteiger charge is -2.31. The average Bonchev–Trinajstić information content (AvgIpc) is 2.80. The van der Waals surface area contributed by atoms with E-state index in [-0.39, 0.29) is 5.63 Å². The second-order valence-corrected chi connectivity index (χ2v) is 8.36. The molecule has 162 valence electrons. The SMILES string of the molecule is COc1ccc(CN2COc3c(cc4c5c(c(=O)oc4c3C)CCCC5)C2)c(OC)c1. The van der Waals surface area contributed by atoms with Crippen molar-refractivity contribution in [1.82, 2.24) is 4.90 Å². The van der Waals surface area contributed by atoms with Crippen LogP contribution in [0.1, 0.15) is 40.7 Å². The van der Waals surface area contributed by atoms with E-state index in [1.54, 1.807) is 14.2 Å². The van der Waals surface area contributed by atoms with Gasteiger partial charge in [0.25, 0.3) is 0 Å². The summed E-state index contributed by atoms with van der Waals surface area (Å²) in [6.45, 7) is 3.91. The molecule has 0 bridgehead atoms. The van der Waals surface area contributed by atoms with Gasteiger partial charge in [-0.15, -0.1) is 0 Å². The molecule has 2 aromatic carbocycles. The second-order valence-electron chi connectivity index (χ2n) is 8.36. The van der Waals surface area contributed by atoms with Crippen molar-refractivity contribution >= 4 is 11.0 Å². The molecule has 31 heavy (non-hydrogen) atoms. The van der Waals surface area contributed by atoms with E-state index in [1.807, 2.05) is 25.1 Å². The molecule has 1 aliphatic heterocycles. The molecule has 0 radical (unpaired) electrons. The van der Waals surface area contributed by atoms with Gasteiger partial charge in [0.05, 0.1) is 14.2 Å². The van der Waals surface area contributed by atoms with Gasteiger partial charge in [-0.25, -0.2) is 4.79 Å². The average molecular weight is 421 g/mol. The Labute approximate surface area is 181 Å². The van der Waals surface area contributed by atoms with E-state index in [4.69, 9.17) is 18.6 Å². The van der Waals surface area contributed by atoms with Crippen LogP contribution in [0.2, 0.25) is 0 Å². The number of rotatable bonds is 4. The molecule has 0 spiro atoms. The fourth-order valence-electron chi connectivity index (χ4n) is 4.87. The van der Waals surface area contributed by atoms with Gasteiger partial charge in [-0.3, -0.25) is 4.90 Å². The quantitative estimate of drug-likeness (QED) is 0.584. The number of hydrogen-bond donors (Lipinski definition) is 0. The molecule has 5 rings (SSSR count). The Bertz CT molecular complexity index is 1210. The third kappa shape index (κ3) is 3.45. The Morgan fingerprint density at radius 3 is 2.65 bits per heavy atom. The van der Waals surface area contributed by atoms with Gasteiger partial charge in [-0.2, -0.15) is 0 Å². The smallest absolute Gasteiger partial charge is 0.339 e. The molecule has 2 aliphatic rings. The van der Waals surface area contributed by atoms with Crippen molar-refractivity contribution in [1.29, 1.82) is 0 Å². The second kappa shape index (κ2) is 7.93. The van der Waals surface area contributed by atoms with Gasteiger partial charge in [0.15, 0.2) is 0 Å². The first-order valence-electron chi connectivity index (χ1n) is 10.8. The minimum atomic E-state index is -0.186. The van der Waals surface area contributed by atoms with Crippen LogP contribution < -0.4 is 19.8 Å². The summed E-state index contributed by atoms with van der Waals surface area (Å²) in [6, 6.07) is 8.05. The lowest BCUT2D eigenvalue weighted by molar-refractivity contribution is 0.0873. The van der Waals surface area contributed by atoms with E-state index < -0.39 is 0 Å². The number of fused-ring (bicyclic) bond motifs is 4. The molecule has 6 nitrogen and oxygen atoms in total. The van der Waals surface area contributed by atoms with Gasteiger partial charge in [0, 0.05) is 46.8 Å². The molecule has 0 N–H and O–H groups in total. The third-order valence-electron chi connectivity index (χ3n) is 6.44. The van der Waals surface area contributed by atoms with Crippen molar-refractivity contribution < 1.29 is 18.6 Å². The third-order valence-corrected chi connectivity index (χ3v) is 6.44. The predicted molar refractivity (Wildman–Crippen MR) is 118 cm³/mol. The van der Waals surface area contributed by atoms with Gasteiger partial charge in [0.1, 0.15) is 29.6 Å². The van der Waals surface area contributed by atoms with Gasteiger partial charge in [0.2, 0.25) is 0 Å². The Morgan fingerprint density at radius 1 is 1.06 bits per heavy atom. The fourth-order valence-corrected chi connectivity index (χ4v) is 4.87. The molecule has 3 aromatic rings. The minimum absolute atomic E-state index is 0.186. The van der Waals surface area contributed by atoms with Crippen LogP contribution in [0.5, 0.6) is 17.2 Å². The number of ether oxygens (including phenoxy) is 3. The normalized spacial score (nSPS) is 15.8. The molecule has 0 saturated carbocycles. The van der Waals surface area contributed by atoms with Crippen LogP contribution in [-0.4, -0.2) is 25.9 Å². The minimum Gasteiger partial charge on any atom is -0.497 e. The molecule has 0 fully saturated rings. The Balaban J connectivity index is 1.50. The van der Waals surface area contributed by atoms with Crippen molar-refractivity contribution in [3.05, 3.63) is 62.5 Å². The van der Waals surface area contributed by atoms with Crippen LogP contribution in [-0.2, 0) is 25.9 Å². The van der Waals surface area contributed by atoms with E-state index in [0.29, 0.717) is 18.9 Å². The maximum absolute atomic E-state index is 12.5. The molecule has 0 saturated heterocycles. The number of hydrogen-bond acceptors (Lipinski definition) is 6. The molecule has 0 atom stereocenters. The van der Waals surface area contributed by atoms with Crippen LogP contribution >= 0.6 is 0 Å². The summed E-state index contributed by atoms with van der Waals surface area (Å²) < 4.78 is 22.8. The predicted octanol–water partition coefficient (Wildman–Crippen LogP) is 4.35. The maximum Gasteiger partial charge on any atom is 0.339 e. The van der Waals surface area contributed by atoms with Gasteiger partial charge >= 0.3 is 5.63 Å². The van der Waals surface area contributed by atoms with Crippen molar-refractivity contribution in [3.8, 4) is 17.2 Å². The van der Waals surface area contributed by atoms with E-state index in [9.17, 15) is 4.79 Å². The fraction of sp³-hybridized carbons (Fsp3) is 0.400. The summed E-state index contributed by atoms with van der Waals surface area (Å²) in [5, 5.41) is 1.07. The molecular formula is C25H27NO5. The number of benzene rings is 2. The lowest BCUT2D eigenvalue weighted by atomic mass is 9.89. The Kier molecular flexibility index (Phi) is 5.10. The van der Waals surface area contributed by atoms with Crippen LogP contribution in [0.25, 0.3) is 11.0 Å². The molecule has 6 heteroatoms. The monoisotopic (exact) mass is 421 g/mol.